The third-order valence-corrected chi connectivity index (χ3v) is 3.14. The van der Waals surface area contributed by atoms with Crippen molar-refractivity contribution in [3.8, 4) is 6.07 Å². The van der Waals surface area contributed by atoms with Gasteiger partial charge in [-0.05, 0) is 32.5 Å². The summed E-state index contributed by atoms with van der Waals surface area (Å²) in [6, 6.07) is 10.5. The lowest BCUT2D eigenvalue weighted by Crippen LogP contribution is -2.30. The van der Waals surface area contributed by atoms with Crippen LogP contribution in [-0.2, 0) is 6.54 Å². The van der Waals surface area contributed by atoms with Gasteiger partial charge in [0.2, 0.25) is 0 Å². The lowest BCUT2D eigenvalue weighted by Gasteiger charge is -2.24. The second-order valence-electron chi connectivity index (χ2n) is 4.76. The van der Waals surface area contributed by atoms with E-state index in [0.717, 1.165) is 17.6 Å². The number of hydrogen-bond donors (Lipinski definition) is 0. The highest BCUT2D eigenvalue weighted by atomic mass is 79.9. The van der Waals surface area contributed by atoms with E-state index >= 15 is 0 Å². The van der Waals surface area contributed by atoms with E-state index in [-0.39, 0.29) is 5.41 Å². The van der Waals surface area contributed by atoms with Gasteiger partial charge in [-0.2, -0.15) is 5.26 Å². The van der Waals surface area contributed by atoms with Gasteiger partial charge in [-0.3, -0.25) is 0 Å². The molecule has 16 heavy (non-hydrogen) atoms. The van der Waals surface area contributed by atoms with Crippen LogP contribution >= 0.6 is 15.9 Å². The van der Waals surface area contributed by atoms with Crippen molar-refractivity contribution in [1.29, 1.82) is 5.26 Å². The van der Waals surface area contributed by atoms with Crippen molar-refractivity contribution in [2.24, 2.45) is 5.41 Å². The summed E-state index contributed by atoms with van der Waals surface area (Å²) in [6.07, 6.45) is 0. The molecule has 0 radical (unpaired) electrons. The largest absolute Gasteiger partial charge is 0.301 e. The van der Waals surface area contributed by atoms with E-state index in [1.165, 1.54) is 5.56 Å². The quantitative estimate of drug-likeness (QED) is 0.845. The van der Waals surface area contributed by atoms with Gasteiger partial charge in [0.05, 0.1) is 11.5 Å². The van der Waals surface area contributed by atoms with Crippen LogP contribution in [0.4, 0.5) is 0 Å². The number of benzene rings is 1. The van der Waals surface area contributed by atoms with Crippen molar-refractivity contribution >= 4 is 15.9 Å². The lowest BCUT2D eigenvalue weighted by atomic mass is 9.95. The summed E-state index contributed by atoms with van der Waals surface area (Å²) < 4.78 is 1.12. The predicted octanol–water partition coefficient (Wildman–Crippen LogP) is 3.43. The summed E-state index contributed by atoms with van der Waals surface area (Å²) in [7, 11) is 2.04. The third kappa shape index (κ3) is 3.96. The second-order valence-corrected chi connectivity index (χ2v) is 5.61. The zero-order valence-corrected chi connectivity index (χ0v) is 11.6. The number of nitrogens with zero attached hydrogens (tertiary/aromatic N) is 2. The fourth-order valence-electron chi connectivity index (χ4n) is 1.68. The van der Waals surface area contributed by atoms with Gasteiger partial charge >= 0.3 is 0 Å². The maximum absolute atomic E-state index is 8.98. The van der Waals surface area contributed by atoms with E-state index in [0.29, 0.717) is 0 Å². The molecular formula is C13H17BrN2. The number of hydrogen-bond acceptors (Lipinski definition) is 2. The van der Waals surface area contributed by atoms with Crippen LogP contribution < -0.4 is 0 Å². The molecule has 0 N–H and O–H groups in total. The normalized spacial score (nSPS) is 11.5. The molecule has 0 saturated heterocycles. The first-order valence-electron chi connectivity index (χ1n) is 5.28. The topological polar surface area (TPSA) is 27.0 Å². The van der Waals surface area contributed by atoms with E-state index in [2.05, 4.69) is 33.0 Å². The van der Waals surface area contributed by atoms with Gasteiger partial charge in [-0.15, -0.1) is 0 Å². The Morgan fingerprint density at radius 1 is 1.38 bits per heavy atom. The summed E-state index contributed by atoms with van der Waals surface area (Å²) >= 11 is 3.53. The minimum atomic E-state index is -0.296. The van der Waals surface area contributed by atoms with Crippen LogP contribution in [0.5, 0.6) is 0 Å². The first-order valence-corrected chi connectivity index (χ1v) is 6.07. The fourth-order valence-corrected chi connectivity index (χ4v) is 2.09. The van der Waals surface area contributed by atoms with Gasteiger partial charge in [0.1, 0.15) is 0 Å². The zero-order chi connectivity index (χ0) is 12.2. The first-order chi connectivity index (χ1) is 7.44. The van der Waals surface area contributed by atoms with Crippen LogP contribution in [0.15, 0.2) is 28.7 Å². The van der Waals surface area contributed by atoms with Gasteiger partial charge in [0.25, 0.3) is 0 Å². The van der Waals surface area contributed by atoms with Gasteiger partial charge in [0, 0.05) is 17.6 Å². The molecule has 3 heteroatoms. The van der Waals surface area contributed by atoms with Crippen molar-refractivity contribution in [2.75, 3.05) is 13.6 Å². The molecule has 0 saturated carbocycles. The summed E-state index contributed by atoms with van der Waals surface area (Å²) in [6.45, 7) is 5.55. The molecule has 0 spiro atoms. The minimum absolute atomic E-state index is 0.296. The molecule has 2 nitrogen and oxygen atoms in total. The Hall–Kier alpha value is -0.850. The molecule has 1 rings (SSSR count). The van der Waals surface area contributed by atoms with E-state index in [9.17, 15) is 0 Å². The average molecular weight is 281 g/mol. The SMILES string of the molecule is CN(Cc1ccccc1Br)CC(C)(C)C#N. The Labute approximate surface area is 106 Å². The van der Waals surface area contributed by atoms with Crippen LogP contribution in [-0.4, -0.2) is 18.5 Å². The molecule has 0 atom stereocenters. The maximum atomic E-state index is 8.98. The molecule has 0 aliphatic heterocycles. The summed E-state index contributed by atoms with van der Waals surface area (Å²) in [5.74, 6) is 0. The molecule has 0 aromatic heterocycles. The first kappa shape index (κ1) is 13.2. The van der Waals surface area contributed by atoms with Crippen LogP contribution in [0.2, 0.25) is 0 Å². The standard InChI is InChI=1S/C13H17BrN2/c1-13(2,9-15)10-16(3)8-11-6-4-5-7-12(11)14/h4-7H,8,10H2,1-3H3. The minimum Gasteiger partial charge on any atom is -0.301 e. The van der Waals surface area contributed by atoms with Crippen LogP contribution in [0, 0.1) is 16.7 Å². The molecule has 0 fully saturated rings. The zero-order valence-electron chi connectivity index (χ0n) is 10.00. The second kappa shape index (κ2) is 5.47. The van der Waals surface area contributed by atoms with Crippen LogP contribution in [0.25, 0.3) is 0 Å². The van der Waals surface area contributed by atoms with Gasteiger partial charge in [-0.25, -0.2) is 0 Å². The molecule has 0 aliphatic carbocycles. The summed E-state index contributed by atoms with van der Waals surface area (Å²) in [4.78, 5) is 2.17. The highest BCUT2D eigenvalue weighted by Gasteiger charge is 2.19. The molecule has 0 heterocycles. The maximum Gasteiger partial charge on any atom is 0.0697 e. The van der Waals surface area contributed by atoms with E-state index in [1.54, 1.807) is 0 Å². The number of nitriles is 1. The van der Waals surface area contributed by atoms with Crippen molar-refractivity contribution in [2.45, 2.75) is 20.4 Å². The van der Waals surface area contributed by atoms with E-state index < -0.39 is 0 Å². The molecule has 0 amide bonds. The Kier molecular flexibility index (Phi) is 4.52. The van der Waals surface area contributed by atoms with E-state index in [4.69, 9.17) is 5.26 Å². The monoisotopic (exact) mass is 280 g/mol. The Morgan fingerprint density at radius 2 is 2.00 bits per heavy atom. The number of rotatable bonds is 4. The Balaban J connectivity index is 2.63. The van der Waals surface area contributed by atoms with Gasteiger partial charge < -0.3 is 4.90 Å². The molecular weight excluding hydrogens is 264 g/mol. The van der Waals surface area contributed by atoms with Crippen LogP contribution in [0.3, 0.4) is 0 Å². The molecule has 0 bridgehead atoms. The Bertz CT molecular complexity index is 393. The summed E-state index contributed by atoms with van der Waals surface area (Å²) in [5.41, 5.74) is 0.953. The smallest absolute Gasteiger partial charge is 0.0697 e. The van der Waals surface area contributed by atoms with Crippen molar-refractivity contribution < 1.29 is 0 Å². The average Bonchev–Trinajstić information content (AvgIpc) is 2.21. The predicted molar refractivity (Wildman–Crippen MR) is 69.9 cm³/mol. The van der Waals surface area contributed by atoms with Gasteiger partial charge in [-0.1, -0.05) is 34.1 Å². The highest BCUT2D eigenvalue weighted by molar-refractivity contribution is 9.10. The van der Waals surface area contributed by atoms with Crippen molar-refractivity contribution in [3.05, 3.63) is 34.3 Å². The molecule has 1 aromatic rings. The molecule has 1 aromatic carbocycles. The highest BCUT2D eigenvalue weighted by Crippen LogP contribution is 2.20. The summed E-state index contributed by atoms with van der Waals surface area (Å²) in [5, 5.41) is 8.98. The van der Waals surface area contributed by atoms with E-state index in [1.807, 2.05) is 39.1 Å². The van der Waals surface area contributed by atoms with Gasteiger partial charge in [0.15, 0.2) is 0 Å². The molecule has 0 unspecified atom stereocenters. The number of halogens is 1. The molecule has 0 aliphatic rings. The fraction of sp³-hybridized carbons (Fsp3) is 0.462. The van der Waals surface area contributed by atoms with Crippen molar-refractivity contribution in [3.63, 3.8) is 0 Å². The van der Waals surface area contributed by atoms with Crippen LogP contribution in [0.1, 0.15) is 19.4 Å². The van der Waals surface area contributed by atoms with Crippen molar-refractivity contribution in [1.82, 2.24) is 4.90 Å². The third-order valence-electron chi connectivity index (χ3n) is 2.37. The lowest BCUT2D eigenvalue weighted by molar-refractivity contribution is 0.248. The Morgan fingerprint density at radius 3 is 2.56 bits per heavy atom. The molecule has 86 valence electrons.